The fourth-order valence-electron chi connectivity index (χ4n) is 1.62. The summed E-state index contributed by atoms with van der Waals surface area (Å²) in [7, 11) is 0. The Hall–Kier alpha value is -1.94. The van der Waals surface area contributed by atoms with Gasteiger partial charge >= 0.3 is 0 Å². The van der Waals surface area contributed by atoms with Crippen LogP contribution in [0.1, 0.15) is 16.8 Å². The summed E-state index contributed by atoms with van der Waals surface area (Å²) in [5.74, 6) is 0.270. The molecule has 0 spiro atoms. The van der Waals surface area contributed by atoms with Crippen LogP contribution in [0.15, 0.2) is 36.4 Å². The second-order valence-electron chi connectivity index (χ2n) is 4.10. The second kappa shape index (κ2) is 5.60. The van der Waals surface area contributed by atoms with E-state index in [9.17, 15) is 4.39 Å². The van der Waals surface area contributed by atoms with Crippen molar-refractivity contribution in [2.45, 2.75) is 20.1 Å². The predicted molar refractivity (Wildman–Crippen MR) is 68.3 cm³/mol. The van der Waals surface area contributed by atoms with Crippen LogP contribution in [0.25, 0.3) is 0 Å². The summed E-state index contributed by atoms with van der Waals surface area (Å²) < 4.78 is 18.3. The molecule has 0 aliphatic carbocycles. The Morgan fingerprint density at radius 1 is 1.11 bits per heavy atom. The molecule has 0 aliphatic heterocycles. The van der Waals surface area contributed by atoms with E-state index in [4.69, 9.17) is 10.5 Å². The lowest BCUT2D eigenvalue weighted by atomic mass is 10.2. The van der Waals surface area contributed by atoms with Gasteiger partial charge in [0.1, 0.15) is 11.6 Å². The number of nitrogens with two attached hydrogens (primary N) is 1. The van der Waals surface area contributed by atoms with E-state index < -0.39 is 0 Å². The van der Waals surface area contributed by atoms with Gasteiger partial charge in [0, 0.05) is 5.69 Å². The number of hydrogen-bond acceptors (Lipinski definition) is 3. The Labute approximate surface area is 105 Å². The highest BCUT2D eigenvalue weighted by Crippen LogP contribution is 2.11. The predicted octanol–water partition coefficient (Wildman–Crippen LogP) is 2.83. The normalized spacial score (nSPS) is 10.6. The number of anilines is 1. The molecule has 94 valence electrons. The summed E-state index contributed by atoms with van der Waals surface area (Å²) >= 11 is 0. The molecule has 0 aliphatic rings. The van der Waals surface area contributed by atoms with E-state index in [1.54, 1.807) is 18.2 Å². The van der Waals surface area contributed by atoms with Crippen LogP contribution in [0.2, 0.25) is 0 Å². The molecule has 0 radical (unpaired) electrons. The first-order valence-electron chi connectivity index (χ1n) is 5.69. The van der Waals surface area contributed by atoms with Gasteiger partial charge in [-0.2, -0.15) is 0 Å². The number of hydrogen-bond donors (Lipinski definition) is 1. The highest BCUT2D eigenvalue weighted by molar-refractivity contribution is 5.33. The van der Waals surface area contributed by atoms with Crippen molar-refractivity contribution in [1.82, 2.24) is 4.98 Å². The van der Waals surface area contributed by atoms with Crippen LogP contribution in [0.3, 0.4) is 0 Å². The molecule has 0 fully saturated rings. The largest absolute Gasteiger partial charge is 0.384 e. The number of aromatic nitrogens is 1. The third-order valence-corrected chi connectivity index (χ3v) is 2.66. The minimum atomic E-state index is -0.239. The Bertz CT molecular complexity index is 526. The van der Waals surface area contributed by atoms with Crippen molar-refractivity contribution in [2.75, 3.05) is 5.73 Å². The summed E-state index contributed by atoms with van der Waals surface area (Å²) in [4.78, 5) is 4.16. The molecule has 2 aromatic rings. The van der Waals surface area contributed by atoms with Crippen molar-refractivity contribution in [3.05, 3.63) is 59.0 Å². The van der Waals surface area contributed by atoms with Crippen molar-refractivity contribution in [1.29, 1.82) is 0 Å². The monoisotopic (exact) mass is 246 g/mol. The number of pyridine rings is 1. The van der Waals surface area contributed by atoms with E-state index >= 15 is 0 Å². The molecular weight excluding hydrogens is 231 g/mol. The van der Waals surface area contributed by atoms with E-state index in [0.29, 0.717) is 19.0 Å². The van der Waals surface area contributed by atoms with E-state index in [0.717, 1.165) is 16.8 Å². The zero-order valence-electron chi connectivity index (χ0n) is 10.2. The van der Waals surface area contributed by atoms with Crippen molar-refractivity contribution in [2.24, 2.45) is 0 Å². The summed E-state index contributed by atoms with van der Waals surface area (Å²) in [5, 5.41) is 0. The Morgan fingerprint density at radius 3 is 2.50 bits per heavy atom. The summed E-state index contributed by atoms with van der Waals surface area (Å²) in [5.41, 5.74) is 8.39. The minimum absolute atomic E-state index is 0.239. The lowest BCUT2D eigenvalue weighted by Gasteiger charge is -2.07. The molecule has 0 saturated carbocycles. The lowest BCUT2D eigenvalue weighted by molar-refractivity contribution is 0.106. The molecule has 0 bridgehead atoms. The molecule has 18 heavy (non-hydrogen) atoms. The van der Waals surface area contributed by atoms with Crippen molar-refractivity contribution >= 4 is 5.82 Å². The Balaban J connectivity index is 1.90. The lowest BCUT2D eigenvalue weighted by Crippen LogP contribution is -2.00. The zero-order chi connectivity index (χ0) is 13.0. The number of nitrogens with zero attached hydrogens (tertiary/aromatic N) is 1. The summed E-state index contributed by atoms with van der Waals surface area (Å²) in [6.45, 7) is 2.81. The maximum absolute atomic E-state index is 12.7. The Morgan fingerprint density at radius 2 is 1.83 bits per heavy atom. The molecule has 0 unspecified atom stereocenters. The van der Waals surface area contributed by atoms with Gasteiger partial charge in [0.2, 0.25) is 0 Å². The molecule has 1 heterocycles. The van der Waals surface area contributed by atoms with Gasteiger partial charge in [0.15, 0.2) is 0 Å². The molecule has 2 rings (SSSR count). The van der Waals surface area contributed by atoms with Gasteiger partial charge in [-0.15, -0.1) is 0 Å². The first kappa shape index (κ1) is 12.5. The number of aryl methyl sites for hydroxylation is 1. The Kier molecular flexibility index (Phi) is 3.89. The van der Waals surface area contributed by atoms with Crippen LogP contribution in [0.4, 0.5) is 10.2 Å². The third-order valence-electron chi connectivity index (χ3n) is 2.66. The zero-order valence-corrected chi connectivity index (χ0v) is 10.2. The molecular formula is C14H15FN2O. The summed E-state index contributed by atoms with van der Waals surface area (Å²) in [6, 6.07) is 9.93. The van der Waals surface area contributed by atoms with Crippen LogP contribution >= 0.6 is 0 Å². The van der Waals surface area contributed by atoms with E-state index in [-0.39, 0.29) is 5.82 Å². The fraction of sp³-hybridized carbons (Fsp3) is 0.214. The molecule has 2 N–H and O–H groups in total. The molecule has 1 aromatic heterocycles. The quantitative estimate of drug-likeness (QED) is 0.902. The number of ether oxygens (including phenoxy) is 1. The number of nitrogen functional groups attached to an aromatic ring is 1. The smallest absolute Gasteiger partial charge is 0.123 e. The average molecular weight is 246 g/mol. The van der Waals surface area contributed by atoms with Crippen molar-refractivity contribution in [3.8, 4) is 0 Å². The first-order valence-corrected chi connectivity index (χ1v) is 5.69. The van der Waals surface area contributed by atoms with Gasteiger partial charge in [0.25, 0.3) is 0 Å². The van der Waals surface area contributed by atoms with Crippen LogP contribution < -0.4 is 5.73 Å². The van der Waals surface area contributed by atoms with Crippen molar-refractivity contribution in [3.63, 3.8) is 0 Å². The fourth-order valence-corrected chi connectivity index (χ4v) is 1.62. The molecule has 0 saturated heterocycles. The van der Waals surface area contributed by atoms with E-state index in [2.05, 4.69) is 4.98 Å². The van der Waals surface area contributed by atoms with Gasteiger partial charge < -0.3 is 10.5 Å². The topological polar surface area (TPSA) is 48.1 Å². The van der Waals surface area contributed by atoms with Crippen LogP contribution in [-0.2, 0) is 18.0 Å². The standard InChI is InChI=1S/C14H15FN2O/c1-10-12(4-7-14(16)17-10)9-18-8-11-2-5-13(15)6-3-11/h2-7H,8-9H2,1H3,(H2,16,17). The van der Waals surface area contributed by atoms with Gasteiger partial charge in [-0.3, -0.25) is 0 Å². The average Bonchev–Trinajstić information content (AvgIpc) is 2.34. The highest BCUT2D eigenvalue weighted by atomic mass is 19.1. The maximum Gasteiger partial charge on any atom is 0.123 e. The van der Waals surface area contributed by atoms with Gasteiger partial charge in [0.05, 0.1) is 13.2 Å². The van der Waals surface area contributed by atoms with Gasteiger partial charge in [-0.1, -0.05) is 18.2 Å². The second-order valence-corrected chi connectivity index (χ2v) is 4.10. The van der Waals surface area contributed by atoms with E-state index in [1.807, 2.05) is 13.0 Å². The number of benzene rings is 1. The molecule has 0 atom stereocenters. The highest BCUT2D eigenvalue weighted by Gasteiger charge is 2.01. The van der Waals surface area contributed by atoms with Crippen molar-refractivity contribution < 1.29 is 9.13 Å². The molecule has 4 heteroatoms. The van der Waals surface area contributed by atoms with E-state index in [1.165, 1.54) is 12.1 Å². The molecule has 3 nitrogen and oxygen atoms in total. The third kappa shape index (κ3) is 3.28. The van der Waals surface area contributed by atoms with Crippen LogP contribution in [0.5, 0.6) is 0 Å². The van der Waals surface area contributed by atoms with Crippen LogP contribution in [0, 0.1) is 12.7 Å². The molecule has 1 aromatic carbocycles. The van der Waals surface area contributed by atoms with Gasteiger partial charge in [-0.25, -0.2) is 9.37 Å². The molecule has 0 amide bonds. The number of halogens is 1. The van der Waals surface area contributed by atoms with Crippen LogP contribution in [-0.4, -0.2) is 4.98 Å². The minimum Gasteiger partial charge on any atom is -0.384 e. The summed E-state index contributed by atoms with van der Waals surface area (Å²) in [6.07, 6.45) is 0. The SMILES string of the molecule is Cc1nc(N)ccc1COCc1ccc(F)cc1. The van der Waals surface area contributed by atoms with Gasteiger partial charge in [-0.05, 0) is 36.2 Å². The maximum atomic E-state index is 12.7. The first-order chi connectivity index (χ1) is 8.65. The number of rotatable bonds is 4.